The molecular formula is C15H21NO. The Bertz CT molecular complexity index is 371. The molecule has 0 unspecified atom stereocenters. The van der Waals surface area contributed by atoms with Gasteiger partial charge in [-0.15, -0.1) is 0 Å². The van der Waals surface area contributed by atoms with Gasteiger partial charge in [0.15, 0.2) is 0 Å². The van der Waals surface area contributed by atoms with Crippen molar-refractivity contribution in [2.75, 3.05) is 0 Å². The van der Waals surface area contributed by atoms with E-state index in [1.807, 2.05) is 6.92 Å². The zero-order valence-electron chi connectivity index (χ0n) is 10.5. The highest BCUT2D eigenvalue weighted by Crippen LogP contribution is 2.41. The van der Waals surface area contributed by atoms with E-state index in [1.54, 1.807) is 0 Å². The maximum atomic E-state index is 10.2. The van der Waals surface area contributed by atoms with Crippen LogP contribution in [0.25, 0.3) is 0 Å². The lowest BCUT2D eigenvalue weighted by atomic mass is 9.87. The Kier molecular flexibility index (Phi) is 2.72. The SMILES string of the molecule is C[C@]1(O)C[C@H]2CC[C@@H](C1)N2Cc1ccccc1. The maximum absolute atomic E-state index is 10.2. The summed E-state index contributed by atoms with van der Waals surface area (Å²) in [5.41, 5.74) is 0.963. The monoisotopic (exact) mass is 231 g/mol. The van der Waals surface area contributed by atoms with Gasteiger partial charge in [0.25, 0.3) is 0 Å². The summed E-state index contributed by atoms with van der Waals surface area (Å²) < 4.78 is 0. The van der Waals surface area contributed by atoms with Crippen LogP contribution in [-0.2, 0) is 6.54 Å². The number of rotatable bonds is 2. The number of aliphatic hydroxyl groups is 1. The van der Waals surface area contributed by atoms with E-state index in [-0.39, 0.29) is 0 Å². The molecule has 0 aromatic heterocycles. The molecule has 2 bridgehead atoms. The van der Waals surface area contributed by atoms with Crippen LogP contribution >= 0.6 is 0 Å². The summed E-state index contributed by atoms with van der Waals surface area (Å²) in [6.07, 6.45) is 4.40. The molecule has 2 aliphatic rings. The summed E-state index contributed by atoms with van der Waals surface area (Å²) >= 11 is 0. The molecule has 17 heavy (non-hydrogen) atoms. The van der Waals surface area contributed by atoms with Crippen LogP contribution < -0.4 is 0 Å². The van der Waals surface area contributed by atoms with Crippen molar-refractivity contribution in [2.45, 2.75) is 56.8 Å². The summed E-state index contributed by atoms with van der Waals surface area (Å²) in [7, 11) is 0. The third kappa shape index (κ3) is 2.24. The van der Waals surface area contributed by atoms with E-state index in [1.165, 1.54) is 18.4 Å². The lowest BCUT2D eigenvalue weighted by molar-refractivity contribution is -0.0412. The molecule has 1 aromatic rings. The van der Waals surface area contributed by atoms with E-state index in [4.69, 9.17) is 0 Å². The molecule has 2 nitrogen and oxygen atoms in total. The quantitative estimate of drug-likeness (QED) is 0.845. The predicted molar refractivity (Wildman–Crippen MR) is 68.7 cm³/mol. The first-order valence-corrected chi connectivity index (χ1v) is 6.66. The van der Waals surface area contributed by atoms with E-state index in [9.17, 15) is 5.11 Å². The van der Waals surface area contributed by atoms with Crippen molar-refractivity contribution in [3.05, 3.63) is 35.9 Å². The first kappa shape index (κ1) is 11.2. The van der Waals surface area contributed by atoms with E-state index in [0.29, 0.717) is 12.1 Å². The van der Waals surface area contributed by atoms with Crippen LogP contribution in [0, 0.1) is 0 Å². The van der Waals surface area contributed by atoms with Crippen molar-refractivity contribution in [3.8, 4) is 0 Å². The minimum atomic E-state index is -0.432. The van der Waals surface area contributed by atoms with Crippen LogP contribution in [0.2, 0.25) is 0 Å². The lowest BCUT2D eigenvalue weighted by Gasteiger charge is -2.42. The maximum Gasteiger partial charge on any atom is 0.0649 e. The lowest BCUT2D eigenvalue weighted by Crippen LogP contribution is -2.49. The smallest absolute Gasteiger partial charge is 0.0649 e. The highest BCUT2D eigenvalue weighted by Gasteiger charge is 2.44. The van der Waals surface area contributed by atoms with Crippen LogP contribution in [0.3, 0.4) is 0 Å². The molecule has 2 fully saturated rings. The molecule has 2 heterocycles. The molecule has 2 aliphatic heterocycles. The molecule has 3 atom stereocenters. The molecule has 2 saturated heterocycles. The molecule has 0 amide bonds. The summed E-state index contributed by atoms with van der Waals surface area (Å²) in [4.78, 5) is 2.60. The van der Waals surface area contributed by atoms with Crippen molar-refractivity contribution in [3.63, 3.8) is 0 Å². The number of nitrogens with zero attached hydrogens (tertiary/aromatic N) is 1. The highest BCUT2D eigenvalue weighted by atomic mass is 16.3. The molecule has 3 rings (SSSR count). The van der Waals surface area contributed by atoms with Gasteiger partial charge >= 0.3 is 0 Å². The summed E-state index contributed by atoms with van der Waals surface area (Å²) in [6, 6.07) is 11.9. The summed E-state index contributed by atoms with van der Waals surface area (Å²) in [6.45, 7) is 3.05. The van der Waals surface area contributed by atoms with Gasteiger partial charge in [0, 0.05) is 18.6 Å². The zero-order chi connectivity index (χ0) is 11.9. The van der Waals surface area contributed by atoms with Gasteiger partial charge in [-0.25, -0.2) is 0 Å². The van der Waals surface area contributed by atoms with Crippen LogP contribution in [0.1, 0.15) is 38.2 Å². The largest absolute Gasteiger partial charge is 0.390 e. The summed E-state index contributed by atoms with van der Waals surface area (Å²) in [5, 5.41) is 10.2. The molecular weight excluding hydrogens is 210 g/mol. The van der Waals surface area contributed by atoms with Crippen molar-refractivity contribution in [1.29, 1.82) is 0 Å². The summed E-state index contributed by atoms with van der Waals surface area (Å²) in [5.74, 6) is 0. The van der Waals surface area contributed by atoms with Gasteiger partial charge in [0.2, 0.25) is 0 Å². The van der Waals surface area contributed by atoms with Crippen molar-refractivity contribution in [1.82, 2.24) is 4.90 Å². The van der Waals surface area contributed by atoms with Crippen molar-refractivity contribution < 1.29 is 5.11 Å². The number of hydrogen-bond acceptors (Lipinski definition) is 2. The fourth-order valence-electron chi connectivity index (χ4n) is 3.60. The Morgan fingerprint density at radius 1 is 1.18 bits per heavy atom. The minimum absolute atomic E-state index is 0.432. The van der Waals surface area contributed by atoms with Crippen molar-refractivity contribution >= 4 is 0 Å². The Morgan fingerprint density at radius 3 is 2.35 bits per heavy atom. The van der Waals surface area contributed by atoms with E-state index < -0.39 is 5.60 Å². The molecule has 0 saturated carbocycles. The Balaban J connectivity index is 1.74. The number of hydrogen-bond donors (Lipinski definition) is 1. The van der Waals surface area contributed by atoms with Gasteiger partial charge in [-0.2, -0.15) is 0 Å². The van der Waals surface area contributed by atoms with Gasteiger partial charge in [0.05, 0.1) is 5.60 Å². The van der Waals surface area contributed by atoms with Crippen LogP contribution in [0.15, 0.2) is 30.3 Å². The normalized spacial score (nSPS) is 37.3. The second-order valence-electron chi connectivity index (χ2n) is 5.95. The second kappa shape index (κ2) is 4.11. The van der Waals surface area contributed by atoms with E-state index in [0.717, 1.165) is 19.4 Å². The third-order valence-electron chi connectivity index (χ3n) is 4.33. The van der Waals surface area contributed by atoms with E-state index >= 15 is 0 Å². The van der Waals surface area contributed by atoms with Gasteiger partial charge < -0.3 is 5.11 Å². The highest BCUT2D eigenvalue weighted by molar-refractivity contribution is 5.16. The number of fused-ring (bicyclic) bond motifs is 2. The van der Waals surface area contributed by atoms with Crippen LogP contribution in [-0.4, -0.2) is 27.7 Å². The molecule has 0 aliphatic carbocycles. The molecule has 0 spiro atoms. The fourth-order valence-corrected chi connectivity index (χ4v) is 3.60. The third-order valence-corrected chi connectivity index (χ3v) is 4.33. The predicted octanol–water partition coefficient (Wildman–Crippen LogP) is 2.56. The van der Waals surface area contributed by atoms with Crippen LogP contribution in [0.5, 0.6) is 0 Å². The molecule has 1 N–H and O–H groups in total. The molecule has 2 heteroatoms. The topological polar surface area (TPSA) is 23.5 Å². The average Bonchev–Trinajstić information content (AvgIpc) is 2.55. The molecule has 92 valence electrons. The fraction of sp³-hybridized carbons (Fsp3) is 0.600. The van der Waals surface area contributed by atoms with Crippen molar-refractivity contribution in [2.24, 2.45) is 0 Å². The Morgan fingerprint density at radius 2 is 1.76 bits per heavy atom. The van der Waals surface area contributed by atoms with E-state index in [2.05, 4.69) is 35.2 Å². The molecule has 1 aromatic carbocycles. The van der Waals surface area contributed by atoms with Gasteiger partial charge in [-0.1, -0.05) is 30.3 Å². The van der Waals surface area contributed by atoms with Crippen LogP contribution in [0.4, 0.5) is 0 Å². The van der Waals surface area contributed by atoms with Gasteiger partial charge in [0.1, 0.15) is 0 Å². The van der Waals surface area contributed by atoms with Gasteiger partial charge in [-0.05, 0) is 38.2 Å². The molecule has 0 radical (unpaired) electrons. The first-order chi connectivity index (χ1) is 8.14. The number of piperidine rings is 1. The standard InChI is InChI=1S/C15H21NO/c1-15(17)9-13-7-8-14(10-15)16(13)11-12-5-3-2-4-6-12/h2-6,13-14,17H,7-11H2,1H3/t13-,14+,15+. The average molecular weight is 231 g/mol. The Labute approximate surface area is 103 Å². The minimum Gasteiger partial charge on any atom is -0.390 e. The first-order valence-electron chi connectivity index (χ1n) is 6.66. The second-order valence-corrected chi connectivity index (χ2v) is 5.95. The number of benzene rings is 1. The van der Waals surface area contributed by atoms with Gasteiger partial charge in [-0.3, -0.25) is 4.90 Å². The Hall–Kier alpha value is -0.860. The zero-order valence-corrected chi connectivity index (χ0v) is 10.5.